The van der Waals surface area contributed by atoms with Crippen LogP contribution in [0.25, 0.3) is 0 Å². The summed E-state index contributed by atoms with van der Waals surface area (Å²) < 4.78 is 9.84. The number of carboxylic acid groups (broad SMARTS) is 1. The molecule has 6 nitrogen and oxygen atoms in total. The first kappa shape index (κ1) is 13.2. The van der Waals surface area contributed by atoms with Crippen LogP contribution >= 0.6 is 0 Å². The number of carbonyl (C=O) groups excluding carboxylic acids is 1. The van der Waals surface area contributed by atoms with Gasteiger partial charge in [0, 0.05) is 7.11 Å². The zero-order valence-corrected chi connectivity index (χ0v) is 9.73. The van der Waals surface area contributed by atoms with Crippen LogP contribution in [0.4, 0.5) is 0 Å². The minimum absolute atomic E-state index is 0.140. The minimum atomic E-state index is -1.13. The lowest BCUT2D eigenvalue weighted by Crippen LogP contribution is -2.30. The lowest BCUT2D eigenvalue weighted by atomic mass is 10.2. The van der Waals surface area contributed by atoms with Gasteiger partial charge in [-0.3, -0.25) is 4.79 Å². The fourth-order valence-electron chi connectivity index (χ4n) is 1.26. The van der Waals surface area contributed by atoms with Gasteiger partial charge in [-0.2, -0.15) is 0 Å². The van der Waals surface area contributed by atoms with E-state index in [0.717, 1.165) is 0 Å². The van der Waals surface area contributed by atoms with Crippen LogP contribution in [0.5, 0.6) is 0 Å². The molecule has 0 saturated heterocycles. The van der Waals surface area contributed by atoms with Crippen LogP contribution in [0, 0.1) is 5.92 Å². The molecule has 0 saturated carbocycles. The molecule has 1 amide bonds. The SMILES string of the molecule is COCC(C)C(=O)NCc1ccc(C(=O)O)o1. The Morgan fingerprint density at radius 2 is 2.24 bits per heavy atom. The van der Waals surface area contributed by atoms with E-state index in [0.29, 0.717) is 12.4 Å². The van der Waals surface area contributed by atoms with E-state index in [1.165, 1.54) is 19.2 Å². The van der Waals surface area contributed by atoms with Crippen LogP contribution in [-0.4, -0.2) is 30.7 Å². The highest BCUT2D eigenvalue weighted by molar-refractivity contribution is 5.84. The summed E-state index contributed by atoms with van der Waals surface area (Å²) in [6.45, 7) is 2.24. The molecule has 94 valence electrons. The number of amides is 1. The number of furan rings is 1. The van der Waals surface area contributed by atoms with Crippen molar-refractivity contribution >= 4 is 11.9 Å². The first-order chi connectivity index (χ1) is 8.04. The van der Waals surface area contributed by atoms with Gasteiger partial charge in [0.1, 0.15) is 5.76 Å². The standard InChI is InChI=1S/C11H15NO5/c1-7(6-16-2)10(13)12-5-8-3-4-9(17-8)11(14)15/h3-4,7H,5-6H2,1-2H3,(H,12,13)(H,14,15). The summed E-state index contributed by atoms with van der Waals surface area (Å²) in [6.07, 6.45) is 0. The van der Waals surface area contributed by atoms with E-state index in [4.69, 9.17) is 14.3 Å². The molecule has 6 heteroatoms. The summed E-state index contributed by atoms with van der Waals surface area (Å²) in [6, 6.07) is 2.87. The molecule has 1 rings (SSSR count). The Labute approximate surface area is 98.6 Å². The van der Waals surface area contributed by atoms with Crippen LogP contribution in [-0.2, 0) is 16.1 Å². The van der Waals surface area contributed by atoms with Crippen molar-refractivity contribution in [2.24, 2.45) is 5.92 Å². The van der Waals surface area contributed by atoms with Crippen molar-refractivity contribution in [1.82, 2.24) is 5.32 Å². The fraction of sp³-hybridized carbons (Fsp3) is 0.455. The number of methoxy groups -OCH3 is 1. The molecule has 1 aromatic heterocycles. The molecule has 1 atom stereocenters. The van der Waals surface area contributed by atoms with Crippen LogP contribution < -0.4 is 5.32 Å². The van der Waals surface area contributed by atoms with Crippen molar-refractivity contribution < 1.29 is 23.8 Å². The van der Waals surface area contributed by atoms with E-state index in [2.05, 4.69) is 5.32 Å². The molecule has 0 aromatic carbocycles. The molecule has 1 aromatic rings. The van der Waals surface area contributed by atoms with Crippen molar-refractivity contribution in [1.29, 1.82) is 0 Å². The highest BCUT2D eigenvalue weighted by Gasteiger charge is 2.13. The molecule has 0 aliphatic heterocycles. The van der Waals surface area contributed by atoms with Gasteiger partial charge in [-0.25, -0.2) is 4.79 Å². The first-order valence-electron chi connectivity index (χ1n) is 5.13. The molecule has 1 unspecified atom stereocenters. The topological polar surface area (TPSA) is 88.8 Å². The summed E-state index contributed by atoms with van der Waals surface area (Å²) in [5, 5.41) is 11.3. The number of aromatic carboxylic acids is 1. The van der Waals surface area contributed by atoms with Crippen LogP contribution in [0.3, 0.4) is 0 Å². The van der Waals surface area contributed by atoms with Gasteiger partial charge in [0.2, 0.25) is 11.7 Å². The third kappa shape index (κ3) is 3.92. The Kier molecular flexibility index (Phi) is 4.71. The predicted molar refractivity (Wildman–Crippen MR) is 58.6 cm³/mol. The third-order valence-corrected chi connectivity index (χ3v) is 2.17. The van der Waals surface area contributed by atoms with Crippen molar-refractivity contribution in [3.63, 3.8) is 0 Å². The van der Waals surface area contributed by atoms with Crippen molar-refractivity contribution in [3.05, 3.63) is 23.7 Å². The molecule has 17 heavy (non-hydrogen) atoms. The predicted octanol–water partition coefficient (Wildman–Crippen LogP) is 0.876. The quantitative estimate of drug-likeness (QED) is 0.771. The Balaban J connectivity index is 2.44. The smallest absolute Gasteiger partial charge is 0.371 e. The van der Waals surface area contributed by atoms with E-state index >= 15 is 0 Å². The van der Waals surface area contributed by atoms with Gasteiger partial charge in [-0.15, -0.1) is 0 Å². The lowest BCUT2D eigenvalue weighted by molar-refractivity contribution is -0.126. The second kappa shape index (κ2) is 6.05. The highest BCUT2D eigenvalue weighted by atomic mass is 16.5. The van der Waals surface area contributed by atoms with Crippen LogP contribution in [0.1, 0.15) is 23.2 Å². The molecular formula is C11H15NO5. The number of rotatable bonds is 6. The average Bonchev–Trinajstić information content (AvgIpc) is 2.75. The van der Waals surface area contributed by atoms with Gasteiger partial charge in [0.25, 0.3) is 0 Å². The summed E-state index contributed by atoms with van der Waals surface area (Å²) >= 11 is 0. The molecule has 0 fully saturated rings. The lowest BCUT2D eigenvalue weighted by Gasteiger charge is -2.09. The average molecular weight is 241 g/mol. The third-order valence-electron chi connectivity index (χ3n) is 2.17. The molecular weight excluding hydrogens is 226 g/mol. The minimum Gasteiger partial charge on any atom is -0.475 e. The summed E-state index contributed by atoms with van der Waals surface area (Å²) in [5.74, 6) is -1.29. The normalized spacial score (nSPS) is 12.1. The van der Waals surface area contributed by atoms with Gasteiger partial charge in [-0.1, -0.05) is 6.92 Å². The second-order valence-electron chi connectivity index (χ2n) is 3.65. The van der Waals surface area contributed by atoms with Crippen LogP contribution in [0.2, 0.25) is 0 Å². The molecule has 0 radical (unpaired) electrons. The maximum Gasteiger partial charge on any atom is 0.371 e. The van der Waals surface area contributed by atoms with Gasteiger partial charge in [0.15, 0.2) is 0 Å². The summed E-state index contributed by atoms with van der Waals surface area (Å²) in [4.78, 5) is 22.0. The Morgan fingerprint density at radius 1 is 1.53 bits per heavy atom. The van der Waals surface area contributed by atoms with Gasteiger partial charge in [0.05, 0.1) is 19.1 Å². The fourth-order valence-corrected chi connectivity index (χ4v) is 1.26. The van der Waals surface area contributed by atoms with E-state index in [1.54, 1.807) is 6.92 Å². The van der Waals surface area contributed by atoms with Gasteiger partial charge < -0.3 is 19.6 Å². The number of hydrogen-bond donors (Lipinski definition) is 2. The molecule has 0 aliphatic rings. The molecule has 0 bridgehead atoms. The van der Waals surface area contributed by atoms with E-state index in [1.807, 2.05) is 0 Å². The maximum atomic E-state index is 11.5. The Hall–Kier alpha value is -1.82. The number of ether oxygens (including phenoxy) is 1. The highest BCUT2D eigenvalue weighted by Crippen LogP contribution is 2.07. The number of carboxylic acids is 1. The molecule has 0 aliphatic carbocycles. The van der Waals surface area contributed by atoms with Crippen molar-refractivity contribution in [2.75, 3.05) is 13.7 Å². The zero-order valence-electron chi connectivity index (χ0n) is 9.73. The number of hydrogen-bond acceptors (Lipinski definition) is 4. The van der Waals surface area contributed by atoms with Gasteiger partial charge >= 0.3 is 5.97 Å². The zero-order chi connectivity index (χ0) is 12.8. The molecule has 0 spiro atoms. The Morgan fingerprint density at radius 3 is 2.76 bits per heavy atom. The maximum absolute atomic E-state index is 11.5. The summed E-state index contributed by atoms with van der Waals surface area (Å²) in [7, 11) is 1.52. The first-order valence-corrected chi connectivity index (χ1v) is 5.13. The van der Waals surface area contributed by atoms with E-state index in [9.17, 15) is 9.59 Å². The molecule has 2 N–H and O–H groups in total. The largest absolute Gasteiger partial charge is 0.475 e. The monoisotopic (exact) mass is 241 g/mol. The Bertz CT molecular complexity index is 398. The second-order valence-corrected chi connectivity index (χ2v) is 3.65. The van der Waals surface area contributed by atoms with Crippen LogP contribution in [0.15, 0.2) is 16.5 Å². The number of carbonyl (C=O) groups is 2. The van der Waals surface area contributed by atoms with Gasteiger partial charge in [-0.05, 0) is 12.1 Å². The van der Waals surface area contributed by atoms with Crippen molar-refractivity contribution in [2.45, 2.75) is 13.5 Å². The number of nitrogens with one attached hydrogen (secondary N) is 1. The van der Waals surface area contributed by atoms with Crippen molar-refractivity contribution in [3.8, 4) is 0 Å². The van der Waals surface area contributed by atoms with E-state index < -0.39 is 5.97 Å². The summed E-state index contributed by atoms with van der Waals surface area (Å²) in [5.41, 5.74) is 0. The molecule has 1 heterocycles. The van der Waals surface area contributed by atoms with E-state index in [-0.39, 0.29) is 24.1 Å².